The first-order valence-electron chi connectivity index (χ1n) is 7.68. The number of carbonyl (C=O) groups is 1. The molecule has 0 unspecified atom stereocenters. The normalized spacial score (nSPS) is 11.3. The monoisotopic (exact) mass is 337 g/mol. The van der Waals surface area contributed by atoms with Crippen molar-refractivity contribution in [1.29, 1.82) is 0 Å². The lowest BCUT2D eigenvalue weighted by Crippen LogP contribution is -2.27. The van der Waals surface area contributed by atoms with Gasteiger partial charge in [-0.05, 0) is 40.2 Å². The summed E-state index contributed by atoms with van der Waals surface area (Å²) in [4.78, 5) is 16.2. The van der Waals surface area contributed by atoms with Crippen LogP contribution in [0.15, 0.2) is 11.2 Å². The van der Waals surface area contributed by atoms with Crippen LogP contribution in [0.1, 0.15) is 31.7 Å². The molecule has 126 valence electrons. The van der Waals surface area contributed by atoms with E-state index in [4.69, 9.17) is 4.74 Å². The SMILES string of the molecule is Cc1cc(C)n2c(SCC(=O)NCCCOC(C)C)nnc2n1. The Bertz CT molecular complexity index is 671. The number of aryl methyl sites for hydroxylation is 2. The van der Waals surface area contributed by atoms with Crippen LogP contribution in [0.5, 0.6) is 0 Å². The van der Waals surface area contributed by atoms with Crippen LogP contribution in [-0.2, 0) is 9.53 Å². The highest BCUT2D eigenvalue weighted by Crippen LogP contribution is 2.18. The van der Waals surface area contributed by atoms with Gasteiger partial charge in [0.2, 0.25) is 5.91 Å². The first kappa shape index (κ1) is 17.7. The number of rotatable bonds is 8. The number of ether oxygens (including phenoxy) is 1. The molecule has 0 spiro atoms. The second-order valence-corrected chi connectivity index (χ2v) is 6.51. The molecule has 2 aromatic rings. The quantitative estimate of drug-likeness (QED) is 0.584. The number of aromatic nitrogens is 4. The molecule has 23 heavy (non-hydrogen) atoms. The summed E-state index contributed by atoms with van der Waals surface area (Å²) in [5, 5.41) is 11.7. The highest BCUT2D eigenvalue weighted by molar-refractivity contribution is 7.99. The van der Waals surface area contributed by atoms with Crippen LogP contribution in [0, 0.1) is 13.8 Å². The molecule has 0 aliphatic heterocycles. The van der Waals surface area contributed by atoms with Crippen LogP contribution >= 0.6 is 11.8 Å². The van der Waals surface area contributed by atoms with Crippen molar-refractivity contribution in [3.05, 3.63) is 17.5 Å². The van der Waals surface area contributed by atoms with Gasteiger partial charge in [0.15, 0.2) is 5.16 Å². The average molecular weight is 337 g/mol. The molecule has 0 bridgehead atoms. The highest BCUT2D eigenvalue weighted by atomic mass is 32.2. The number of nitrogens with one attached hydrogen (secondary N) is 1. The smallest absolute Gasteiger partial charge is 0.256 e. The maximum absolute atomic E-state index is 11.9. The summed E-state index contributed by atoms with van der Waals surface area (Å²) in [6, 6.07) is 1.97. The van der Waals surface area contributed by atoms with Gasteiger partial charge in [0.25, 0.3) is 5.78 Å². The summed E-state index contributed by atoms with van der Waals surface area (Å²) in [7, 11) is 0. The lowest BCUT2D eigenvalue weighted by molar-refractivity contribution is -0.118. The van der Waals surface area contributed by atoms with Crippen LogP contribution < -0.4 is 5.32 Å². The van der Waals surface area contributed by atoms with E-state index >= 15 is 0 Å². The standard InChI is InChI=1S/C15H23N5O2S/c1-10(2)22-7-5-6-16-13(21)9-23-15-19-18-14-17-11(3)8-12(4)20(14)15/h8,10H,5-7,9H2,1-4H3,(H,16,21). The zero-order chi connectivity index (χ0) is 16.8. The van der Waals surface area contributed by atoms with Gasteiger partial charge in [0, 0.05) is 24.5 Å². The number of thioether (sulfide) groups is 1. The van der Waals surface area contributed by atoms with E-state index in [1.807, 2.05) is 38.2 Å². The molecule has 2 heterocycles. The van der Waals surface area contributed by atoms with Gasteiger partial charge in [0.05, 0.1) is 11.9 Å². The molecule has 0 aromatic carbocycles. The molecule has 0 aliphatic carbocycles. The maximum Gasteiger partial charge on any atom is 0.256 e. The zero-order valence-electron chi connectivity index (χ0n) is 14.0. The molecule has 2 rings (SSSR count). The van der Waals surface area contributed by atoms with Crippen LogP contribution in [0.25, 0.3) is 5.78 Å². The molecule has 0 saturated carbocycles. The molecule has 7 nitrogen and oxygen atoms in total. The van der Waals surface area contributed by atoms with Gasteiger partial charge in [0.1, 0.15) is 0 Å². The summed E-state index contributed by atoms with van der Waals surface area (Å²) in [6.07, 6.45) is 1.04. The van der Waals surface area contributed by atoms with E-state index < -0.39 is 0 Å². The first-order valence-corrected chi connectivity index (χ1v) is 8.66. The Hall–Kier alpha value is -1.67. The lowest BCUT2D eigenvalue weighted by Gasteiger charge is -2.08. The minimum atomic E-state index is -0.0194. The summed E-state index contributed by atoms with van der Waals surface area (Å²) in [5.74, 6) is 0.851. The predicted octanol–water partition coefficient (Wildman–Crippen LogP) is 1.76. The molecule has 0 saturated heterocycles. The summed E-state index contributed by atoms with van der Waals surface area (Å²) < 4.78 is 7.29. The molecule has 0 fully saturated rings. The van der Waals surface area contributed by atoms with Crippen molar-refractivity contribution in [1.82, 2.24) is 24.9 Å². The maximum atomic E-state index is 11.9. The average Bonchev–Trinajstić information content (AvgIpc) is 2.87. The Labute approximate surface area is 140 Å². The third-order valence-electron chi connectivity index (χ3n) is 3.09. The minimum absolute atomic E-state index is 0.0194. The Morgan fingerprint density at radius 3 is 2.91 bits per heavy atom. The third kappa shape index (κ3) is 5.18. The van der Waals surface area contributed by atoms with Gasteiger partial charge >= 0.3 is 0 Å². The van der Waals surface area contributed by atoms with Crippen molar-refractivity contribution in [2.75, 3.05) is 18.9 Å². The van der Waals surface area contributed by atoms with Crippen LogP contribution in [0.2, 0.25) is 0 Å². The van der Waals surface area contributed by atoms with Crippen molar-refractivity contribution >= 4 is 23.4 Å². The Kier molecular flexibility index (Phi) is 6.35. The van der Waals surface area contributed by atoms with Gasteiger partial charge in [-0.1, -0.05) is 11.8 Å². The van der Waals surface area contributed by atoms with E-state index in [0.717, 1.165) is 17.8 Å². The van der Waals surface area contributed by atoms with Gasteiger partial charge in [-0.3, -0.25) is 9.20 Å². The molecule has 0 aliphatic rings. The van der Waals surface area contributed by atoms with Crippen molar-refractivity contribution < 1.29 is 9.53 Å². The Morgan fingerprint density at radius 1 is 1.39 bits per heavy atom. The summed E-state index contributed by atoms with van der Waals surface area (Å²) in [6.45, 7) is 9.17. The van der Waals surface area contributed by atoms with Crippen molar-refractivity contribution in [2.24, 2.45) is 0 Å². The Morgan fingerprint density at radius 2 is 2.17 bits per heavy atom. The number of fused-ring (bicyclic) bond motifs is 1. The molecule has 0 atom stereocenters. The molecule has 2 aromatic heterocycles. The van der Waals surface area contributed by atoms with E-state index in [1.165, 1.54) is 11.8 Å². The van der Waals surface area contributed by atoms with E-state index in [-0.39, 0.29) is 12.0 Å². The highest BCUT2D eigenvalue weighted by Gasteiger charge is 2.12. The van der Waals surface area contributed by atoms with Gasteiger partial charge in [-0.25, -0.2) is 4.98 Å². The van der Waals surface area contributed by atoms with E-state index in [1.54, 1.807) is 0 Å². The van der Waals surface area contributed by atoms with Crippen molar-refractivity contribution in [3.8, 4) is 0 Å². The van der Waals surface area contributed by atoms with E-state index in [2.05, 4.69) is 20.5 Å². The molecular weight excluding hydrogens is 314 g/mol. The fourth-order valence-corrected chi connectivity index (χ4v) is 2.91. The topological polar surface area (TPSA) is 81.4 Å². The van der Waals surface area contributed by atoms with Crippen LogP contribution in [-0.4, -0.2) is 50.5 Å². The third-order valence-corrected chi connectivity index (χ3v) is 4.02. The molecular formula is C15H23N5O2S. The second kappa shape index (κ2) is 8.26. The summed E-state index contributed by atoms with van der Waals surface area (Å²) in [5.41, 5.74) is 1.91. The molecule has 0 radical (unpaired) electrons. The molecule has 1 amide bonds. The van der Waals surface area contributed by atoms with Crippen LogP contribution in [0.3, 0.4) is 0 Å². The number of nitrogens with zero attached hydrogens (tertiary/aromatic N) is 4. The lowest BCUT2D eigenvalue weighted by atomic mass is 10.3. The van der Waals surface area contributed by atoms with Gasteiger partial charge < -0.3 is 10.1 Å². The van der Waals surface area contributed by atoms with Gasteiger partial charge in [-0.15, -0.1) is 10.2 Å². The molecule has 1 N–H and O–H groups in total. The van der Waals surface area contributed by atoms with Gasteiger partial charge in [-0.2, -0.15) is 0 Å². The first-order chi connectivity index (χ1) is 11.0. The number of carbonyl (C=O) groups excluding carboxylic acids is 1. The summed E-state index contributed by atoms with van der Waals surface area (Å²) >= 11 is 1.36. The van der Waals surface area contributed by atoms with E-state index in [9.17, 15) is 4.79 Å². The number of amides is 1. The van der Waals surface area contributed by atoms with Crippen molar-refractivity contribution in [2.45, 2.75) is 45.4 Å². The van der Waals surface area contributed by atoms with Crippen LogP contribution in [0.4, 0.5) is 0 Å². The number of hydrogen-bond acceptors (Lipinski definition) is 6. The zero-order valence-corrected chi connectivity index (χ0v) is 14.8. The largest absolute Gasteiger partial charge is 0.379 e. The minimum Gasteiger partial charge on any atom is -0.379 e. The number of hydrogen-bond donors (Lipinski definition) is 1. The van der Waals surface area contributed by atoms with Crippen molar-refractivity contribution in [3.63, 3.8) is 0 Å². The Balaban J connectivity index is 1.81. The predicted molar refractivity (Wildman–Crippen MR) is 89.7 cm³/mol. The second-order valence-electron chi connectivity index (χ2n) is 5.57. The van der Waals surface area contributed by atoms with E-state index in [0.29, 0.717) is 29.8 Å². The fraction of sp³-hybridized carbons (Fsp3) is 0.600. The molecule has 8 heteroatoms. The fourth-order valence-electron chi connectivity index (χ4n) is 2.09.